The molecule has 3 rings (SSSR count). The molecule has 2 heterocycles. The zero-order chi connectivity index (χ0) is 19.9. The van der Waals surface area contributed by atoms with Gasteiger partial charge < -0.3 is 0 Å². The third kappa shape index (κ3) is 3.34. The van der Waals surface area contributed by atoms with E-state index in [1.807, 2.05) is 0 Å². The Morgan fingerprint density at radius 2 is 1.89 bits per heavy atom. The number of aromatic nitrogens is 3. The summed E-state index contributed by atoms with van der Waals surface area (Å²) in [6.07, 6.45) is 0. The molecule has 1 amide bonds. The Balaban J connectivity index is 2.10. The number of anilines is 1. The van der Waals surface area contributed by atoms with Gasteiger partial charge in [0.05, 0.1) is 12.2 Å². The van der Waals surface area contributed by atoms with E-state index >= 15 is 0 Å². The molecule has 0 fully saturated rings. The van der Waals surface area contributed by atoms with Crippen LogP contribution >= 0.6 is 11.6 Å². The van der Waals surface area contributed by atoms with E-state index in [1.165, 1.54) is 10.7 Å². The second-order valence-electron chi connectivity index (χ2n) is 5.81. The minimum atomic E-state index is -1.82. The molecule has 3 aromatic rings. The van der Waals surface area contributed by atoms with Crippen LogP contribution in [0.3, 0.4) is 0 Å². The summed E-state index contributed by atoms with van der Waals surface area (Å²) in [7, 11) is 1.65. The first kappa shape index (κ1) is 19.1. The van der Waals surface area contributed by atoms with Crippen molar-refractivity contribution in [1.82, 2.24) is 14.8 Å². The van der Waals surface area contributed by atoms with Crippen LogP contribution in [0.5, 0.6) is 0 Å². The summed E-state index contributed by atoms with van der Waals surface area (Å²) in [5, 5.41) is 4.93. The summed E-state index contributed by atoms with van der Waals surface area (Å²) >= 11 is 5.59. The van der Waals surface area contributed by atoms with Gasteiger partial charge in [-0.2, -0.15) is 5.10 Å². The fourth-order valence-corrected chi connectivity index (χ4v) is 2.86. The summed E-state index contributed by atoms with van der Waals surface area (Å²) in [5.41, 5.74) is 0.332. The Hall–Kier alpha value is -2.68. The largest absolute Gasteiger partial charge is 0.291 e. The van der Waals surface area contributed by atoms with Crippen LogP contribution in [-0.2, 0) is 18.4 Å². The normalized spacial score (nSPS) is 11.2. The number of alkyl halides is 1. The lowest BCUT2D eigenvalue weighted by molar-refractivity contribution is -0.116. The summed E-state index contributed by atoms with van der Waals surface area (Å²) in [4.78, 5) is 17.4. The maximum atomic E-state index is 14.0. The highest BCUT2D eigenvalue weighted by Gasteiger charge is 2.25. The molecule has 0 atom stereocenters. The summed E-state index contributed by atoms with van der Waals surface area (Å²) in [6, 6.07) is 3.32. The smallest absolute Gasteiger partial charge is 0.243 e. The molecule has 2 aromatic heterocycles. The Labute approximate surface area is 156 Å². The molecule has 10 heteroatoms. The molecular weight excluding hydrogens is 388 g/mol. The SMILES string of the molecule is Cc1nn(C)c2nc(N(Cc3c(F)cc(F)c(F)c3F)C(=O)CCl)ccc12. The molecule has 0 saturated heterocycles. The fourth-order valence-electron chi connectivity index (χ4n) is 2.72. The number of pyridine rings is 1. The van der Waals surface area contributed by atoms with E-state index in [2.05, 4.69) is 10.1 Å². The molecule has 0 aliphatic heterocycles. The van der Waals surface area contributed by atoms with E-state index < -0.39 is 47.2 Å². The van der Waals surface area contributed by atoms with Crippen LogP contribution in [0.1, 0.15) is 11.3 Å². The number of nitrogens with zero attached hydrogens (tertiary/aromatic N) is 4. The van der Waals surface area contributed by atoms with Crippen LogP contribution in [0.15, 0.2) is 18.2 Å². The predicted octanol–water partition coefficient (Wildman–Crippen LogP) is 3.61. The Kier molecular flexibility index (Phi) is 5.05. The van der Waals surface area contributed by atoms with Gasteiger partial charge in [0.1, 0.15) is 17.5 Å². The molecule has 0 radical (unpaired) electrons. The number of aryl methyl sites for hydroxylation is 2. The van der Waals surface area contributed by atoms with Gasteiger partial charge in [0.2, 0.25) is 5.91 Å². The molecule has 1 aromatic carbocycles. The molecule has 0 aliphatic carbocycles. The maximum absolute atomic E-state index is 14.0. The standard InChI is InChI=1S/C17H13ClF4N4O/c1-8-9-3-4-13(23-17(9)25(2)24-8)26(14(27)6-18)7-10-11(19)5-12(20)16(22)15(10)21/h3-5H,6-7H2,1-2H3. The Bertz CT molecular complexity index is 1050. The summed E-state index contributed by atoms with van der Waals surface area (Å²) in [5.74, 6) is -7.69. The molecule has 27 heavy (non-hydrogen) atoms. The van der Waals surface area contributed by atoms with E-state index in [9.17, 15) is 22.4 Å². The van der Waals surface area contributed by atoms with E-state index in [0.29, 0.717) is 11.3 Å². The zero-order valence-electron chi connectivity index (χ0n) is 14.2. The fraction of sp³-hybridized carbons (Fsp3) is 0.235. The van der Waals surface area contributed by atoms with Crippen molar-refractivity contribution in [2.75, 3.05) is 10.8 Å². The van der Waals surface area contributed by atoms with Gasteiger partial charge in [-0.3, -0.25) is 14.4 Å². The first-order valence-electron chi connectivity index (χ1n) is 7.73. The Morgan fingerprint density at radius 3 is 2.56 bits per heavy atom. The van der Waals surface area contributed by atoms with Gasteiger partial charge in [0, 0.05) is 24.1 Å². The first-order valence-corrected chi connectivity index (χ1v) is 8.26. The van der Waals surface area contributed by atoms with Crippen LogP contribution in [-0.4, -0.2) is 26.6 Å². The second-order valence-corrected chi connectivity index (χ2v) is 6.08. The number of halogens is 5. The van der Waals surface area contributed by atoms with Crippen molar-refractivity contribution in [2.24, 2.45) is 7.05 Å². The minimum Gasteiger partial charge on any atom is -0.291 e. The van der Waals surface area contributed by atoms with Gasteiger partial charge in [-0.1, -0.05) is 0 Å². The van der Waals surface area contributed by atoms with Crippen LogP contribution in [0.2, 0.25) is 0 Å². The van der Waals surface area contributed by atoms with Crippen LogP contribution in [0, 0.1) is 30.2 Å². The number of hydrogen-bond donors (Lipinski definition) is 0. The maximum Gasteiger partial charge on any atom is 0.243 e. The topological polar surface area (TPSA) is 51.0 Å². The van der Waals surface area contributed by atoms with Crippen molar-refractivity contribution < 1.29 is 22.4 Å². The average Bonchev–Trinajstić information content (AvgIpc) is 2.93. The van der Waals surface area contributed by atoms with Crippen molar-refractivity contribution in [2.45, 2.75) is 13.5 Å². The first-order chi connectivity index (χ1) is 12.7. The highest BCUT2D eigenvalue weighted by molar-refractivity contribution is 6.29. The molecule has 0 saturated carbocycles. The molecule has 142 valence electrons. The van der Waals surface area contributed by atoms with Gasteiger partial charge in [0.25, 0.3) is 0 Å². The van der Waals surface area contributed by atoms with E-state index in [0.717, 1.165) is 10.3 Å². The molecule has 0 N–H and O–H groups in total. The predicted molar refractivity (Wildman–Crippen MR) is 91.4 cm³/mol. The third-order valence-corrected chi connectivity index (χ3v) is 4.30. The summed E-state index contributed by atoms with van der Waals surface area (Å²) < 4.78 is 56.2. The zero-order valence-corrected chi connectivity index (χ0v) is 15.0. The number of carbonyl (C=O) groups is 1. The number of carbonyl (C=O) groups excluding carboxylic acids is 1. The van der Waals surface area contributed by atoms with Crippen molar-refractivity contribution in [3.63, 3.8) is 0 Å². The molecule has 0 unspecified atom stereocenters. The van der Waals surface area contributed by atoms with Gasteiger partial charge in [0.15, 0.2) is 23.1 Å². The lowest BCUT2D eigenvalue weighted by atomic mass is 10.1. The van der Waals surface area contributed by atoms with Crippen molar-refractivity contribution >= 4 is 34.4 Å². The summed E-state index contributed by atoms with van der Waals surface area (Å²) in [6.45, 7) is 1.06. The highest BCUT2D eigenvalue weighted by atomic mass is 35.5. The molecule has 0 aliphatic rings. The number of fused-ring (bicyclic) bond motifs is 1. The lowest BCUT2D eigenvalue weighted by Gasteiger charge is -2.22. The van der Waals surface area contributed by atoms with Gasteiger partial charge in [-0.05, 0) is 19.1 Å². The minimum absolute atomic E-state index is 0.0414. The number of hydrogen-bond acceptors (Lipinski definition) is 3. The highest BCUT2D eigenvalue weighted by Crippen LogP contribution is 2.25. The van der Waals surface area contributed by atoms with Gasteiger partial charge in [-0.25, -0.2) is 22.5 Å². The monoisotopic (exact) mass is 400 g/mol. The molecular formula is C17H13ClF4N4O. The van der Waals surface area contributed by atoms with Crippen LogP contribution < -0.4 is 4.90 Å². The molecule has 5 nitrogen and oxygen atoms in total. The third-order valence-electron chi connectivity index (χ3n) is 4.07. The van der Waals surface area contributed by atoms with Crippen LogP contribution in [0.4, 0.5) is 23.4 Å². The van der Waals surface area contributed by atoms with E-state index in [-0.39, 0.29) is 11.9 Å². The molecule has 0 bridgehead atoms. The van der Waals surface area contributed by atoms with Crippen molar-refractivity contribution in [3.05, 3.63) is 52.7 Å². The second kappa shape index (κ2) is 7.15. The van der Waals surface area contributed by atoms with Gasteiger partial charge >= 0.3 is 0 Å². The number of rotatable bonds is 4. The van der Waals surface area contributed by atoms with Gasteiger partial charge in [-0.15, -0.1) is 11.6 Å². The van der Waals surface area contributed by atoms with E-state index in [4.69, 9.17) is 11.6 Å². The van der Waals surface area contributed by atoms with E-state index in [1.54, 1.807) is 20.0 Å². The van der Waals surface area contributed by atoms with Crippen LogP contribution in [0.25, 0.3) is 11.0 Å². The number of benzene rings is 1. The van der Waals surface area contributed by atoms with Crippen molar-refractivity contribution in [1.29, 1.82) is 0 Å². The quantitative estimate of drug-likeness (QED) is 0.291. The Morgan fingerprint density at radius 1 is 1.19 bits per heavy atom. The number of amides is 1. The molecule has 0 spiro atoms. The van der Waals surface area contributed by atoms with Crippen molar-refractivity contribution in [3.8, 4) is 0 Å². The lowest BCUT2D eigenvalue weighted by Crippen LogP contribution is -2.33. The average molecular weight is 401 g/mol.